The first-order chi connectivity index (χ1) is 6.19. The number of aromatic nitrogens is 1. The molecule has 0 spiro atoms. The number of nitrogens with one attached hydrogen (secondary N) is 1. The van der Waals surface area contributed by atoms with Gasteiger partial charge in [-0.1, -0.05) is 13.8 Å². The highest BCUT2D eigenvalue weighted by Crippen LogP contribution is 2.25. The Morgan fingerprint density at radius 3 is 2.69 bits per heavy atom. The van der Waals surface area contributed by atoms with Crippen LogP contribution in [0.5, 0.6) is 0 Å². The second-order valence-electron chi connectivity index (χ2n) is 3.20. The van der Waals surface area contributed by atoms with Gasteiger partial charge >= 0.3 is 0 Å². The van der Waals surface area contributed by atoms with Crippen molar-refractivity contribution in [3.63, 3.8) is 0 Å². The van der Waals surface area contributed by atoms with Gasteiger partial charge in [-0.15, -0.1) is 0 Å². The molecule has 0 unspecified atom stereocenters. The molecule has 1 aromatic rings. The van der Waals surface area contributed by atoms with E-state index in [0.29, 0.717) is 5.92 Å². The number of hydrogen-bond acceptors (Lipinski definition) is 3. The fourth-order valence-electron chi connectivity index (χ4n) is 1.10. The fourth-order valence-corrected chi connectivity index (χ4v) is 1.10. The van der Waals surface area contributed by atoms with Gasteiger partial charge in [0.05, 0.1) is 0 Å². The third-order valence-electron chi connectivity index (χ3n) is 1.96. The highest BCUT2D eigenvalue weighted by atomic mass is 15.0. The van der Waals surface area contributed by atoms with Crippen LogP contribution in [0.3, 0.4) is 0 Å². The van der Waals surface area contributed by atoms with Crippen LogP contribution < -0.4 is 5.32 Å². The van der Waals surface area contributed by atoms with Crippen molar-refractivity contribution in [2.24, 2.45) is 4.99 Å². The third kappa shape index (κ3) is 2.05. The molecule has 0 aromatic carbocycles. The first-order valence-corrected chi connectivity index (χ1v) is 4.33. The monoisotopic (exact) mass is 177 g/mol. The molecule has 1 rings (SSSR count). The topological polar surface area (TPSA) is 37.3 Å². The second kappa shape index (κ2) is 4.03. The zero-order valence-electron chi connectivity index (χ0n) is 8.33. The summed E-state index contributed by atoms with van der Waals surface area (Å²) in [4.78, 5) is 8.15. The number of hydrogen-bond donors (Lipinski definition) is 1. The molecule has 3 nitrogen and oxygen atoms in total. The summed E-state index contributed by atoms with van der Waals surface area (Å²) in [5.41, 5.74) is 2.00. The molecule has 1 heterocycles. The average molecular weight is 177 g/mol. The van der Waals surface area contributed by atoms with Gasteiger partial charge in [0.15, 0.2) is 5.82 Å². The summed E-state index contributed by atoms with van der Waals surface area (Å²) in [5, 5.41) is 2.97. The molecule has 0 aliphatic heterocycles. The Bertz CT molecular complexity index is 305. The molecule has 0 bridgehead atoms. The van der Waals surface area contributed by atoms with Gasteiger partial charge in [0.2, 0.25) is 0 Å². The third-order valence-corrected chi connectivity index (χ3v) is 1.96. The molecule has 0 fully saturated rings. The minimum absolute atomic E-state index is 0.471. The fraction of sp³-hybridized carbons (Fsp3) is 0.400. The zero-order valence-corrected chi connectivity index (χ0v) is 8.33. The van der Waals surface area contributed by atoms with E-state index in [0.717, 1.165) is 11.5 Å². The Morgan fingerprint density at radius 2 is 2.23 bits per heavy atom. The maximum absolute atomic E-state index is 4.24. The summed E-state index contributed by atoms with van der Waals surface area (Å²) >= 11 is 0. The van der Waals surface area contributed by atoms with Crippen LogP contribution in [0.4, 0.5) is 11.5 Å². The van der Waals surface area contributed by atoms with Crippen molar-refractivity contribution in [1.82, 2.24) is 4.98 Å². The van der Waals surface area contributed by atoms with Crippen LogP contribution in [0.2, 0.25) is 0 Å². The molecular weight excluding hydrogens is 162 g/mol. The Kier molecular flexibility index (Phi) is 3.01. The first kappa shape index (κ1) is 9.71. The normalized spacial score (nSPS) is 10.2. The lowest BCUT2D eigenvalue weighted by atomic mass is 10.1. The van der Waals surface area contributed by atoms with E-state index in [1.807, 2.05) is 19.3 Å². The summed E-state index contributed by atoms with van der Waals surface area (Å²) in [6, 6.07) is 2.01. The lowest BCUT2D eigenvalue weighted by Gasteiger charge is -2.08. The summed E-state index contributed by atoms with van der Waals surface area (Å²) in [6.07, 6.45) is 1.87. The van der Waals surface area contributed by atoms with E-state index in [2.05, 4.69) is 35.9 Å². The van der Waals surface area contributed by atoms with Crippen LogP contribution in [0.1, 0.15) is 25.3 Å². The van der Waals surface area contributed by atoms with Crippen molar-refractivity contribution >= 4 is 18.2 Å². The summed E-state index contributed by atoms with van der Waals surface area (Å²) in [6.45, 7) is 7.77. The number of rotatable bonds is 3. The Balaban J connectivity index is 3.13. The van der Waals surface area contributed by atoms with Crippen molar-refractivity contribution in [3.05, 3.63) is 17.8 Å². The standard InChI is InChI=1S/C10H15N3/c1-7(2)8-5-9(11-3)10(12-4)13-6-8/h5-7H,3H2,1-2,4H3,(H,12,13). The Morgan fingerprint density at radius 1 is 1.54 bits per heavy atom. The predicted octanol–water partition coefficient (Wildman–Crippen LogP) is 2.58. The van der Waals surface area contributed by atoms with E-state index in [-0.39, 0.29) is 0 Å². The van der Waals surface area contributed by atoms with Gasteiger partial charge in [-0.05, 0) is 24.3 Å². The summed E-state index contributed by atoms with van der Waals surface area (Å²) in [7, 11) is 1.83. The highest BCUT2D eigenvalue weighted by molar-refractivity contribution is 5.63. The van der Waals surface area contributed by atoms with Crippen molar-refractivity contribution < 1.29 is 0 Å². The summed E-state index contributed by atoms with van der Waals surface area (Å²) < 4.78 is 0. The predicted molar refractivity (Wildman–Crippen MR) is 57.1 cm³/mol. The van der Waals surface area contributed by atoms with Crippen LogP contribution in [-0.4, -0.2) is 18.7 Å². The average Bonchev–Trinajstić information content (AvgIpc) is 2.16. The molecule has 13 heavy (non-hydrogen) atoms. The highest BCUT2D eigenvalue weighted by Gasteiger charge is 2.04. The van der Waals surface area contributed by atoms with Gasteiger partial charge in [-0.2, -0.15) is 0 Å². The molecule has 0 saturated heterocycles. The zero-order chi connectivity index (χ0) is 9.84. The first-order valence-electron chi connectivity index (χ1n) is 4.33. The molecule has 70 valence electrons. The Labute approximate surface area is 78.9 Å². The lowest BCUT2D eigenvalue weighted by Crippen LogP contribution is -1.95. The van der Waals surface area contributed by atoms with E-state index in [1.165, 1.54) is 5.56 Å². The number of pyridine rings is 1. The van der Waals surface area contributed by atoms with Crippen LogP contribution in [0, 0.1) is 0 Å². The van der Waals surface area contributed by atoms with Crippen molar-refractivity contribution in [2.75, 3.05) is 12.4 Å². The van der Waals surface area contributed by atoms with Gasteiger partial charge in [0.1, 0.15) is 5.69 Å². The molecular formula is C10H15N3. The van der Waals surface area contributed by atoms with Gasteiger partial charge in [-0.25, -0.2) is 4.98 Å². The van der Waals surface area contributed by atoms with Gasteiger partial charge in [0, 0.05) is 13.2 Å². The Hall–Kier alpha value is -1.38. The molecule has 0 aliphatic carbocycles. The van der Waals surface area contributed by atoms with E-state index >= 15 is 0 Å². The second-order valence-corrected chi connectivity index (χ2v) is 3.20. The number of nitrogens with zero attached hydrogens (tertiary/aromatic N) is 2. The number of anilines is 1. The van der Waals surface area contributed by atoms with E-state index in [9.17, 15) is 0 Å². The lowest BCUT2D eigenvalue weighted by molar-refractivity contribution is 0.859. The van der Waals surface area contributed by atoms with Crippen molar-refractivity contribution in [2.45, 2.75) is 19.8 Å². The molecule has 0 amide bonds. The maximum atomic E-state index is 4.24. The van der Waals surface area contributed by atoms with Gasteiger partial charge < -0.3 is 5.32 Å². The summed E-state index contributed by atoms with van der Waals surface area (Å²) in [5.74, 6) is 1.25. The van der Waals surface area contributed by atoms with E-state index in [1.54, 1.807) is 0 Å². The minimum atomic E-state index is 0.471. The molecule has 0 aliphatic rings. The van der Waals surface area contributed by atoms with Crippen LogP contribution in [0.25, 0.3) is 0 Å². The van der Waals surface area contributed by atoms with Crippen molar-refractivity contribution in [1.29, 1.82) is 0 Å². The molecule has 1 N–H and O–H groups in total. The van der Waals surface area contributed by atoms with Gasteiger partial charge in [0.25, 0.3) is 0 Å². The van der Waals surface area contributed by atoms with Gasteiger partial charge in [-0.3, -0.25) is 4.99 Å². The van der Waals surface area contributed by atoms with Crippen LogP contribution >= 0.6 is 0 Å². The molecule has 0 radical (unpaired) electrons. The number of aliphatic imine (C=N–C) groups is 1. The van der Waals surface area contributed by atoms with E-state index in [4.69, 9.17) is 0 Å². The van der Waals surface area contributed by atoms with Crippen LogP contribution in [0.15, 0.2) is 17.3 Å². The SMILES string of the molecule is C=Nc1cc(C(C)C)cnc1NC. The van der Waals surface area contributed by atoms with Crippen molar-refractivity contribution in [3.8, 4) is 0 Å². The smallest absolute Gasteiger partial charge is 0.151 e. The quantitative estimate of drug-likeness (QED) is 0.720. The molecule has 0 atom stereocenters. The van der Waals surface area contributed by atoms with E-state index < -0.39 is 0 Å². The largest absolute Gasteiger partial charge is 0.371 e. The maximum Gasteiger partial charge on any atom is 0.151 e. The molecule has 0 saturated carbocycles. The molecule has 1 aromatic heterocycles. The van der Waals surface area contributed by atoms with Crippen LogP contribution in [-0.2, 0) is 0 Å². The minimum Gasteiger partial charge on any atom is -0.371 e. The molecule has 3 heteroatoms.